The Kier molecular flexibility index (Phi) is 6.74. The van der Waals surface area contributed by atoms with Gasteiger partial charge < -0.3 is 14.8 Å². The molecule has 0 unspecified atom stereocenters. The average molecular weight is 389 g/mol. The lowest BCUT2D eigenvalue weighted by molar-refractivity contribution is 0.0927. The van der Waals surface area contributed by atoms with Gasteiger partial charge >= 0.3 is 0 Å². The summed E-state index contributed by atoms with van der Waals surface area (Å²) in [5.41, 5.74) is 0.513. The van der Waals surface area contributed by atoms with Crippen LogP contribution in [0.2, 0.25) is 0 Å². The summed E-state index contributed by atoms with van der Waals surface area (Å²) in [6.45, 7) is 5.99. The van der Waals surface area contributed by atoms with Gasteiger partial charge in [0.1, 0.15) is 0 Å². The normalized spacial score (nSPS) is 17.5. The third kappa shape index (κ3) is 5.02. The van der Waals surface area contributed by atoms with E-state index in [0.717, 1.165) is 26.1 Å². The van der Waals surface area contributed by atoms with Crippen LogP contribution in [0.3, 0.4) is 0 Å². The van der Waals surface area contributed by atoms with Gasteiger partial charge in [-0.15, -0.1) is 11.3 Å². The van der Waals surface area contributed by atoms with Gasteiger partial charge in [-0.25, -0.2) is 0 Å². The molecule has 5 nitrogen and oxygen atoms in total. The number of para-hydroxylation sites is 1. The van der Waals surface area contributed by atoms with Crippen molar-refractivity contribution in [2.45, 2.75) is 26.3 Å². The lowest BCUT2D eigenvalue weighted by atomic mass is 9.97. The fourth-order valence-corrected chi connectivity index (χ4v) is 4.58. The summed E-state index contributed by atoms with van der Waals surface area (Å²) >= 11 is 1.87. The van der Waals surface area contributed by atoms with Gasteiger partial charge in [0.05, 0.1) is 19.8 Å². The van der Waals surface area contributed by atoms with Crippen molar-refractivity contribution in [2.75, 3.05) is 33.9 Å². The maximum atomic E-state index is 12.7. The highest BCUT2D eigenvalue weighted by Gasteiger charge is 2.22. The van der Waals surface area contributed by atoms with E-state index in [2.05, 4.69) is 29.3 Å². The third-order valence-corrected chi connectivity index (χ3v) is 5.96. The second kappa shape index (κ2) is 9.24. The summed E-state index contributed by atoms with van der Waals surface area (Å²) in [4.78, 5) is 17.9. The Labute approximate surface area is 165 Å². The molecule has 1 N–H and O–H groups in total. The van der Waals surface area contributed by atoms with Gasteiger partial charge in [0.15, 0.2) is 11.5 Å². The molecule has 6 heteroatoms. The number of benzene rings is 1. The summed E-state index contributed by atoms with van der Waals surface area (Å²) < 4.78 is 10.7. The molecule has 0 saturated carbocycles. The van der Waals surface area contributed by atoms with E-state index in [0.29, 0.717) is 29.5 Å². The van der Waals surface area contributed by atoms with E-state index in [1.807, 2.05) is 17.4 Å². The zero-order chi connectivity index (χ0) is 19.2. The standard InChI is InChI=1S/C21H28N2O3S/c1-15-9-10-17(27-15)14-23-11-5-6-16(13-23)12-22-21(24)18-7-4-8-19(25-2)20(18)26-3/h4,7-10,16H,5-6,11-14H2,1-3H3,(H,22,24)/t16-/m1/s1. The highest BCUT2D eigenvalue weighted by Crippen LogP contribution is 2.30. The Balaban J connectivity index is 1.55. The number of piperidine rings is 1. The van der Waals surface area contributed by atoms with Crippen LogP contribution in [0.1, 0.15) is 33.0 Å². The number of hydrogen-bond donors (Lipinski definition) is 1. The van der Waals surface area contributed by atoms with Crippen LogP contribution in [0, 0.1) is 12.8 Å². The Bertz CT molecular complexity index is 775. The molecule has 0 spiro atoms. The zero-order valence-corrected chi connectivity index (χ0v) is 17.1. The quantitative estimate of drug-likeness (QED) is 0.785. The molecule has 3 rings (SSSR count). The van der Waals surface area contributed by atoms with Crippen molar-refractivity contribution in [3.63, 3.8) is 0 Å². The van der Waals surface area contributed by atoms with E-state index >= 15 is 0 Å². The third-order valence-electron chi connectivity index (χ3n) is 4.98. The second-order valence-electron chi connectivity index (χ2n) is 7.01. The Morgan fingerprint density at radius 1 is 1.26 bits per heavy atom. The van der Waals surface area contributed by atoms with Crippen molar-refractivity contribution < 1.29 is 14.3 Å². The minimum Gasteiger partial charge on any atom is -0.493 e. The first-order valence-electron chi connectivity index (χ1n) is 9.37. The summed E-state index contributed by atoms with van der Waals surface area (Å²) in [5, 5.41) is 3.08. The van der Waals surface area contributed by atoms with Crippen LogP contribution in [-0.2, 0) is 6.54 Å². The number of methoxy groups -OCH3 is 2. The van der Waals surface area contributed by atoms with Gasteiger partial charge in [0.2, 0.25) is 0 Å². The van der Waals surface area contributed by atoms with Crippen LogP contribution < -0.4 is 14.8 Å². The number of likely N-dealkylation sites (tertiary alicyclic amines) is 1. The van der Waals surface area contributed by atoms with E-state index in [4.69, 9.17) is 9.47 Å². The smallest absolute Gasteiger partial charge is 0.255 e. The van der Waals surface area contributed by atoms with Crippen molar-refractivity contribution in [3.05, 3.63) is 45.6 Å². The topological polar surface area (TPSA) is 50.8 Å². The van der Waals surface area contributed by atoms with E-state index in [1.165, 1.54) is 16.2 Å². The zero-order valence-electron chi connectivity index (χ0n) is 16.3. The van der Waals surface area contributed by atoms with Gasteiger partial charge in [-0.05, 0) is 56.5 Å². The number of rotatable bonds is 7. The molecule has 1 amide bonds. The largest absolute Gasteiger partial charge is 0.493 e. The van der Waals surface area contributed by atoms with Crippen molar-refractivity contribution in [1.29, 1.82) is 0 Å². The molecule has 0 radical (unpaired) electrons. The number of amides is 1. The molecule has 1 aromatic carbocycles. The molecule has 27 heavy (non-hydrogen) atoms. The van der Waals surface area contributed by atoms with Gasteiger partial charge in [-0.3, -0.25) is 9.69 Å². The van der Waals surface area contributed by atoms with Gasteiger partial charge in [-0.1, -0.05) is 6.07 Å². The summed E-state index contributed by atoms with van der Waals surface area (Å²) in [5.74, 6) is 1.41. The van der Waals surface area contributed by atoms with Crippen molar-refractivity contribution in [3.8, 4) is 11.5 Å². The highest BCUT2D eigenvalue weighted by molar-refractivity contribution is 7.11. The number of carbonyl (C=O) groups is 1. The van der Waals surface area contributed by atoms with Gasteiger partial charge in [-0.2, -0.15) is 0 Å². The highest BCUT2D eigenvalue weighted by atomic mass is 32.1. The number of aryl methyl sites for hydroxylation is 1. The Hall–Kier alpha value is -2.05. The summed E-state index contributed by atoms with van der Waals surface area (Å²) in [6, 6.07) is 9.77. The van der Waals surface area contributed by atoms with Crippen LogP contribution in [0.5, 0.6) is 11.5 Å². The van der Waals surface area contributed by atoms with Crippen molar-refractivity contribution in [1.82, 2.24) is 10.2 Å². The number of nitrogens with one attached hydrogen (secondary N) is 1. The van der Waals surface area contributed by atoms with Gasteiger partial charge in [0.25, 0.3) is 5.91 Å². The molecule has 0 aliphatic carbocycles. The molecule has 1 aromatic heterocycles. The molecule has 146 valence electrons. The van der Waals surface area contributed by atoms with E-state index in [9.17, 15) is 4.79 Å². The van der Waals surface area contributed by atoms with Crippen LogP contribution in [0.15, 0.2) is 30.3 Å². The summed E-state index contributed by atoms with van der Waals surface area (Å²) in [6.07, 6.45) is 2.32. The van der Waals surface area contributed by atoms with Crippen LogP contribution >= 0.6 is 11.3 Å². The monoisotopic (exact) mass is 388 g/mol. The van der Waals surface area contributed by atoms with E-state index < -0.39 is 0 Å². The summed E-state index contributed by atoms with van der Waals surface area (Å²) in [7, 11) is 3.13. The maximum absolute atomic E-state index is 12.7. The predicted octanol–water partition coefficient (Wildman–Crippen LogP) is 3.72. The van der Waals surface area contributed by atoms with Crippen LogP contribution in [-0.4, -0.2) is 44.7 Å². The first kappa shape index (κ1) is 19.7. The molecule has 0 bridgehead atoms. The Morgan fingerprint density at radius 3 is 2.81 bits per heavy atom. The number of carbonyl (C=O) groups excluding carboxylic acids is 1. The first-order valence-corrected chi connectivity index (χ1v) is 10.2. The number of thiophene rings is 1. The maximum Gasteiger partial charge on any atom is 0.255 e. The molecule has 1 aliphatic heterocycles. The SMILES string of the molecule is COc1cccc(C(=O)NC[C@H]2CCCN(Cc3ccc(C)s3)C2)c1OC. The lowest BCUT2D eigenvalue weighted by Crippen LogP contribution is -2.40. The van der Waals surface area contributed by atoms with Crippen molar-refractivity contribution in [2.24, 2.45) is 5.92 Å². The van der Waals surface area contributed by atoms with Crippen LogP contribution in [0.4, 0.5) is 0 Å². The Morgan fingerprint density at radius 2 is 2.11 bits per heavy atom. The molecule has 2 heterocycles. The number of hydrogen-bond acceptors (Lipinski definition) is 5. The minimum absolute atomic E-state index is 0.114. The molecule has 1 saturated heterocycles. The number of nitrogens with zero attached hydrogens (tertiary/aromatic N) is 1. The molecule has 2 aromatic rings. The van der Waals surface area contributed by atoms with Gasteiger partial charge in [0, 0.05) is 29.4 Å². The molecule has 1 atom stereocenters. The first-order chi connectivity index (χ1) is 13.1. The molecular formula is C21H28N2O3S. The molecule has 1 aliphatic rings. The minimum atomic E-state index is -0.114. The fraction of sp³-hybridized carbons (Fsp3) is 0.476. The van der Waals surface area contributed by atoms with E-state index in [-0.39, 0.29) is 5.91 Å². The lowest BCUT2D eigenvalue weighted by Gasteiger charge is -2.32. The molecule has 1 fully saturated rings. The average Bonchev–Trinajstić information content (AvgIpc) is 3.10. The van der Waals surface area contributed by atoms with E-state index in [1.54, 1.807) is 26.4 Å². The van der Waals surface area contributed by atoms with Crippen molar-refractivity contribution >= 4 is 17.2 Å². The second-order valence-corrected chi connectivity index (χ2v) is 8.38. The predicted molar refractivity (Wildman–Crippen MR) is 109 cm³/mol. The van der Waals surface area contributed by atoms with Crippen LogP contribution in [0.25, 0.3) is 0 Å². The fourth-order valence-electron chi connectivity index (χ4n) is 3.65. The number of ether oxygens (including phenoxy) is 2. The molecular weight excluding hydrogens is 360 g/mol.